The largest absolute Gasteiger partial charge is 0.369 e. The lowest BCUT2D eigenvalue weighted by Gasteiger charge is -2.40. The van der Waals surface area contributed by atoms with Crippen LogP contribution in [0.3, 0.4) is 0 Å². The van der Waals surface area contributed by atoms with Gasteiger partial charge in [-0.05, 0) is 76.9 Å². The van der Waals surface area contributed by atoms with Crippen LogP contribution < -0.4 is 10.2 Å². The summed E-state index contributed by atoms with van der Waals surface area (Å²) < 4.78 is 0. The number of carbonyl (C=O) groups is 1. The molecule has 29 heavy (non-hydrogen) atoms. The Morgan fingerprint density at radius 2 is 1.90 bits per heavy atom. The number of anilines is 1. The van der Waals surface area contributed by atoms with Crippen molar-refractivity contribution in [3.63, 3.8) is 0 Å². The molecule has 0 radical (unpaired) electrons. The van der Waals surface area contributed by atoms with Crippen molar-refractivity contribution in [1.82, 2.24) is 10.2 Å². The number of hydrogen-bond acceptors (Lipinski definition) is 4. The topological polar surface area (TPSA) is 47.9 Å². The number of hydrogen-bond donors (Lipinski definition) is 1. The average Bonchev–Trinajstić information content (AvgIpc) is 3.23. The average molecular weight is 417 g/mol. The Bertz CT molecular complexity index is 794. The molecule has 0 bridgehead atoms. The molecule has 1 aromatic carbocycles. The van der Waals surface area contributed by atoms with E-state index in [1.54, 1.807) is 6.07 Å². The molecule has 6 heteroatoms. The summed E-state index contributed by atoms with van der Waals surface area (Å²) in [6.45, 7) is 5.65. The summed E-state index contributed by atoms with van der Waals surface area (Å²) in [6.07, 6.45) is 9.22. The first-order chi connectivity index (χ1) is 13.9. The van der Waals surface area contributed by atoms with Gasteiger partial charge in [0, 0.05) is 60.3 Å². The molecular weight excluding hydrogens is 384 g/mol. The van der Waals surface area contributed by atoms with Gasteiger partial charge in [-0.2, -0.15) is 0 Å². The summed E-state index contributed by atoms with van der Waals surface area (Å²) in [7, 11) is 4.34. The lowest BCUT2D eigenvalue weighted by atomic mass is 9.89. The molecule has 1 saturated carbocycles. The van der Waals surface area contributed by atoms with Crippen molar-refractivity contribution in [3.05, 3.63) is 40.1 Å². The normalized spacial score (nSPS) is 21.4. The van der Waals surface area contributed by atoms with Crippen molar-refractivity contribution in [2.75, 3.05) is 32.1 Å². The summed E-state index contributed by atoms with van der Waals surface area (Å²) >= 11 is 6.45. The molecule has 1 aliphatic carbocycles. The van der Waals surface area contributed by atoms with Gasteiger partial charge in [0.1, 0.15) is 0 Å². The number of halogens is 1. The third kappa shape index (κ3) is 5.20. The third-order valence-electron chi connectivity index (χ3n) is 6.27. The third-order valence-corrected chi connectivity index (χ3v) is 6.49. The molecule has 1 N–H and O–H groups in total. The highest BCUT2D eigenvalue weighted by molar-refractivity contribution is 6.31. The molecule has 1 amide bonds. The second-order valence-electron chi connectivity index (χ2n) is 8.32. The van der Waals surface area contributed by atoms with Crippen molar-refractivity contribution in [3.8, 4) is 0 Å². The quantitative estimate of drug-likeness (QED) is 0.714. The maximum atomic E-state index is 12.9. The van der Waals surface area contributed by atoms with Gasteiger partial charge in [0.25, 0.3) is 5.91 Å². The Balaban J connectivity index is 1.76. The fourth-order valence-corrected chi connectivity index (χ4v) is 4.71. The summed E-state index contributed by atoms with van der Waals surface area (Å²) in [5, 5.41) is 3.63. The van der Waals surface area contributed by atoms with Crippen LogP contribution >= 0.6 is 11.6 Å². The van der Waals surface area contributed by atoms with Crippen LogP contribution in [-0.4, -0.2) is 56.3 Å². The Hall–Kier alpha value is -1.85. The zero-order valence-electron chi connectivity index (χ0n) is 18.0. The fraction of sp³-hybridized carbons (Fsp3) is 0.565. The van der Waals surface area contributed by atoms with Gasteiger partial charge in [0.2, 0.25) is 0 Å². The van der Waals surface area contributed by atoms with E-state index in [4.69, 9.17) is 11.6 Å². The lowest BCUT2D eigenvalue weighted by molar-refractivity contribution is 0.0956. The van der Waals surface area contributed by atoms with E-state index >= 15 is 0 Å². The molecule has 3 rings (SSSR count). The van der Waals surface area contributed by atoms with Gasteiger partial charge in [-0.15, -0.1) is 0 Å². The predicted octanol–water partition coefficient (Wildman–Crippen LogP) is 4.44. The molecule has 0 saturated heterocycles. The van der Waals surface area contributed by atoms with Gasteiger partial charge in [0.15, 0.2) is 0 Å². The number of rotatable bonds is 7. The first kappa shape index (κ1) is 21.8. The van der Waals surface area contributed by atoms with E-state index < -0.39 is 0 Å². The summed E-state index contributed by atoms with van der Waals surface area (Å²) in [5.41, 5.74) is 3.86. The van der Waals surface area contributed by atoms with Crippen LogP contribution in [0.1, 0.15) is 54.9 Å². The van der Waals surface area contributed by atoms with Gasteiger partial charge in [-0.25, -0.2) is 0 Å². The number of benzene rings is 1. The van der Waals surface area contributed by atoms with Crippen molar-refractivity contribution in [2.24, 2.45) is 4.99 Å². The molecule has 0 spiro atoms. The van der Waals surface area contributed by atoms with E-state index in [0.29, 0.717) is 29.2 Å². The second-order valence-corrected chi connectivity index (χ2v) is 8.75. The second kappa shape index (κ2) is 9.77. The Morgan fingerprint density at radius 3 is 2.48 bits per heavy atom. The number of aliphatic imine (C=N–C) groups is 1. The van der Waals surface area contributed by atoms with Crippen LogP contribution in [0.5, 0.6) is 0 Å². The highest BCUT2D eigenvalue weighted by atomic mass is 35.5. The molecule has 0 aromatic heterocycles. The van der Waals surface area contributed by atoms with E-state index in [2.05, 4.69) is 41.1 Å². The molecular formula is C23H33ClN4O. The molecule has 1 aromatic rings. The molecule has 0 unspecified atom stereocenters. The molecule has 158 valence electrons. The Kier molecular flexibility index (Phi) is 7.36. The van der Waals surface area contributed by atoms with Crippen LogP contribution in [0.2, 0.25) is 5.02 Å². The minimum absolute atomic E-state index is 0.0774. The summed E-state index contributed by atoms with van der Waals surface area (Å²) in [4.78, 5) is 21.7. The van der Waals surface area contributed by atoms with Gasteiger partial charge in [0.05, 0.1) is 0 Å². The van der Waals surface area contributed by atoms with Gasteiger partial charge in [-0.3, -0.25) is 9.79 Å². The summed E-state index contributed by atoms with van der Waals surface area (Å²) in [5.74, 6) is -0.0774. The predicted molar refractivity (Wildman–Crippen MR) is 122 cm³/mol. The van der Waals surface area contributed by atoms with Crippen molar-refractivity contribution in [2.45, 2.75) is 58.0 Å². The molecule has 0 atom stereocenters. The first-order valence-electron chi connectivity index (χ1n) is 10.6. The van der Waals surface area contributed by atoms with Crippen LogP contribution in [-0.2, 0) is 0 Å². The minimum atomic E-state index is -0.0774. The fourth-order valence-electron chi connectivity index (χ4n) is 4.50. The van der Waals surface area contributed by atoms with E-state index in [0.717, 1.165) is 29.8 Å². The number of nitrogens with one attached hydrogen (secondary N) is 1. The van der Waals surface area contributed by atoms with E-state index in [1.165, 1.54) is 25.7 Å². The van der Waals surface area contributed by atoms with Crippen molar-refractivity contribution >= 4 is 29.4 Å². The van der Waals surface area contributed by atoms with Crippen molar-refractivity contribution < 1.29 is 4.79 Å². The lowest BCUT2D eigenvalue weighted by Crippen LogP contribution is -2.42. The zero-order valence-corrected chi connectivity index (χ0v) is 18.8. The maximum Gasteiger partial charge on any atom is 0.251 e. The van der Waals surface area contributed by atoms with E-state index in [-0.39, 0.29) is 5.91 Å². The molecule has 1 fully saturated rings. The van der Waals surface area contributed by atoms with Crippen LogP contribution in [0.25, 0.3) is 0 Å². The van der Waals surface area contributed by atoms with Crippen LogP contribution in [0.15, 0.2) is 28.9 Å². The molecule has 1 aliphatic heterocycles. The minimum Gasteiger partial charge on any atom is -0.369 e. The number of nitrogens with zero attached hydrogens (tertiary/aromatic N) is 3. The molecule has 1 heterocycles. The highest BCUT2D eigenvalue weighted by Gasteiger charge is 2.28. The smallest absolute Gasteiger partial charge is 0.251 e. The monoisotopic (exact) mass is 416 g/mol. The number of amides is 1. The van der Waals surface area contributed by atoms with Crippen LogP contribution in [0, 0.1) is 6.92 Å². The first-order valence-corrected chi connectivity index (χ1v) is 11.0. The molecule has 5 nitrogen and oxygen atoms in total. The number of carbonyl (C=O) groups excluding carboxylic acids is 1. The Morgan fingerprint density at radius 1 is 1.21 bits per heavy atom. The maximum absolute atomic E-state index is 12.9. The van der Waals surface area contributed by atoms with E-state index in [9.17, 15) is 4.79 Å². The Labute approximate surface area is 179 Å². The highest BCUT2D eigenvalue weighted by Crippen LogP contribution is 2.34. The van der Waals surface area contributed by atoms with Crippen LogP contribution in [0.4, 0.5) is 5.69 Å². The van der Waals surface area contributed by atoms with Crippen molar-refractivity contribution in [1.29, 1.82) is 0 Å². The van der Waals surface area contributed by atoms with Gasteiger partial charge < -0.3 is 15.1 Å². The summed E-state index contributed by atoms with van der Waals surface area (Å²) in [6, 6.07) is 4.96. The SMILES string of the molecule is CCN(c1cc(Cl)cc(C(=O)NCC2=CN=CC2)c1C)C1CCC(N(C)C)CC1. The molecule has 2 aliphatic rings. The van der Waals surface area contributed by atoms with Gasteiger partial charge >= 0.3 is 0 Å². The van der Waals surface area contributed by atoms with E-state index in [1.807, 2.05) is 25.4 Å². The zero-order chi connectivity index (χ0) is 21.0. The standard InChI is InChI=1S/C23H33ClN4O/c1-5-28(20-8-6-19(7-9-20)27(3)4)22-13-18(24)12-21(16(22)2)23(29)26-15-17-10-11-25-14-17/h11-14,19-20H,5-10,15H2,1-4H3,(H,26,29). The van der Waals surface area contributed by atoms with Gasteiger partial charge in [-0.1, -0.05) is 11.6 Å².